The van der Waals surface area contributed by atoms with Gasteiger partial charge in [-0.1, -0.05) is 12.1 Å². The van der Waals surface area contributed by atoms with Crippen LogP contribution in [0.1, 0.15) is 31.2 Å². The monoisotopic (exact) mass is 274 g/mol. The highest BCUT2D eigenvalue weighted by Crippen LogP contribution is 2.22. The Bertz CT molecular complexity index is 431. The molecule has 3 rings (SSSR count). The van der Waals surface area contributed by atoms with Gasteiger partial charge < -0.3 is 10.1 Å². The first-order valence-electron chi connectivity index (χ1n) is 7.97. The number of piperidine rings is 1. The van der Waals surface area contributed by atoms with Crippen LogP contribution in [0.15, 0.2) is 24.3 Å². The van der Waals surface area contributed by atoms with Gasteiger partial charge in [-0.25, -0.2) is 0 Å². The topological polar surface area (TPSA) is 24.5 Å². The number of ether oxygens (including phenoxy) is 1. The van der Waals surface area contributed by atoms with Gasteiger partial charge in [0.15, 0.2) is 0 Å². The summed E-state index contributed by atoms with van der Waals surface area (Å²) in [5.41, 5.74) is 1.26. The second kappa shape index (κ2) is 6.59. The van der Waals surface area contributed by atoms with E-state index in [0.717, 1.165) is 24.9 Å². The van der Waals surface area contributed by atoms with Gasteiger partial charge in [-0.15, -0.1) is 0 Å². The first-order chi connectivity index (χ1) is 9.79. The molecule has 1 aliphatic carbocycles. The van der Waals surface area contributed by atoms with E-state index in [9.17, 15) is 0 Å². The highest BCUT2D eigenvalue weighted by molar-refractivity contribution is 5.27. The van der Waals surface area contributed by atoms with Crippen LogP contribution in [0.5, 0.6) is 5.75 Å². The molecule has 0 amide bonds. The zero-order chi connectivity index (χ0) is 13.8. The van der Waals surface area contributed by atoms with E-state index in [1.165, 1.54) is 44.3 Å². The Morgan fingerprint density at radius 3 is 2.95 bits per heavy atom. The lowest BCUT2D eigenvalue weighted by atomic mass is 10.1. The highest BCUT2D eigenvalue weighted by Gasteiger charge is 2.27. The Morgan fingerprint density at radius 2 is 2.15 bits per heavy atom. The molecule has 1 aromatic carbocycles. The Labute approximate surface area is 122 Å². The van der Waals surface area contributed by atoms with Crippen molar-refractivity contribution in [3.8, 4) is 5.75 Å². The zero-order valence-corrected chi connectivity index (χ0v) is 12.5. The minimum Gasteiger partial charge on any atom is -0.492 e. The fourth-order valence-corrected chi connectivity index (χ4v) is 2.98. The van der Waals surface area contributed by atoms with Crippen molar-refractivity contribution < 1.29 is 4.74 Å². The van der Waals surface area contributed by atoms with Gasteiger partial charge in [0.1, 0.15) is 12.4 Å². The van der Waals surface area contributed by atoms with E-state index in [1.807, 2.05) is 6.07 Å². The van der Waals surface area contributed by atoms with Crippen LogP contribution in [0.4, 0.5) is 0 Å². The largest absolute Gasteiger partial charge is 0.492 e. The molecule has 1 heterocycles. The van der Waals surface area contributed by atoms with E-state index in [-0.39, 0.29) is 0 Å². The van der Waals surface area contributed by atoms with Gasteiger partial charge in [-0.2, -0.15) is 0 Å². The average Bonchev–Trinajstić information content (AvgIpc) is 3.23. The number of nitrogens with one attached hydrogen (secondary N) is 1. The van der Waals surface area contributed by atoms with Crippen LogP contribution < -0.4 is 10.1 Å². The van der Waals surface area contributed by atoms with Gasteiger partial charge in [-0.05, 0) is 56.8 Å². The molecule has 2 aliphatic rings. The Balaban J connectivity index is 1.39. The molecule has 110 valence electrons. The summed E-state index contributed by atoms with van der Waals surface area (Å²) in [7, 11) is 0. The molecule has 3 heteroatoms. The van der Waals surface area contributed by atoms with Crippen molar-refractivity contribution >= 4 is 0 Å². The number of rotatable bonds is 6. The Hall–Kier alpha value is -1.06. The number of aryl methyl sites for hydroxylation is 1. The minimum atomic E-state index is 0.704. The predicted molar refractivity (Wildman–Crippen MR) is 82.3 cm³/mol. The smallest absolute Gasteiger partial charge is 0.119 e. The van der Waals surface area contributed by atoms with E-state index in [1.54, 1.807) is 0 Å². The van der Waals surface area contributed by atoms with Crippen LogP contribution in [0.2, 0.25) is 0 Å². The normalized spacial score (nSPS) is 23.8. The number of hydrogen-bond acceptors (Lipinski definition) is 3. The molecular formula is C17H26N2O. The molecule has 0 spiro atoms. The molecule has 1 N–H and O–H groups in total. The Morgan fingerprint density at radius 1 is 1.25 bits per heavy atom. The SMILES string of the molecule is Cc1cccc(OCCN2CCCC(NC3CC3)C2)c1. The van der Waals surface area contributed by atoms with Crippen molar-refractivity contribution in [2.75, 3.05) is 26.2 Å². The van der Waals surface area contributed by atoms with Crippen molar-refractivity contribution in [3.05, 3.63) is 29.8 Å². The van der Waals surface area contributed by atoms with Crippen LogP contribution >= 0.6 is 0 Å². The number of likely N-dealkylation sites (tertiary alicyclic amines) is 1. The third kappa shape index (κ3) is 4.22. The highest BCUT2D eigenvalue weighted by atomic mass is 16.5. The van der Waals surface area contributed by atoms with E-state index in [4.69, 9.17) is 4.74 Å². The number of benzene rings is 1. The van der Waals surface area contributed by atoms with Crippen LogP contribution in [0, 0.1) is 6.92 Å². The summed E-state index contributed by atoms with van der Waals surface area (Å²) in [4.78, 5) is 2.54. The molecule has 1 atom stereocenters. The second-order valence-corrected chi connectivity index (χ2v) is 6.25. The summed E-state index contributed by atoms with van der Waals surface area (Å²) < 4.78 is 5.86. The molecule has 3 nitrogen and oxygen atoms in total. The standard InChI is InChI=1S/C17H26N2O/c1-14-4-2-6-17(12-14)20-11-10-19-9-3-5-16(13-19)18-15-7-8-15/h2,4,6,12,15-16,18H,3,5,7-11,13H2,1H3. The molecule has 1 unspecified atom stereocenters. The summed E-state index contributed by atoms with van der Waals surface area (Å²) >= 11 is 0. The van der Waals surface area contributed by atoms with Crippen LogP contribution in [0.25, 0.3) is 0 Å². The van der Waals surface area contributed by atoms with E-state index in [0.29, 0.717) is 6.04 Å². The lowest BCUT2D eigenvalue weighted by Gasteiger charge is -2.33. The fourth-order valence-electron chi connectivity index (χ4n) is 2.98. The van der Waals surface area contributed by atoms with Crippen LogP contribution in [0.3, 0.4) is 0 Å². The Kier molecular flexibility index (Phi) is 4.58. The lowest BCUT2D eigenvalue weighted by Crippen LogP contribution is -2.47. The molecule has 1 aromatic rings. The summed E-state index contributed by atoms with van der Waals surface area (Å²) in [6.45, 7) is 6.34. The fraction of sp³-hybridized carbons (Fsp3) is 0.647. The first-order valence-corrected chi connectivity index (χ1v) is 7.97. The maximum Gasteiger partial charge on any atom is 0.119 e. The van der Waals surface area contributed by atoms with Gasteiger partial charge in [-0.3, -0.25) is 4.90 Å². The number of nitrogens with zero attached hydrogens (tertiary/aromatic N) is 1. The van der Waals surface area contributed by atoms with Crippen LogP contribution in [-0.4, -0.2) is 43.2 Å². The molecule has 0 bridgehead atoms. The van der Waals surface area contributed by atoms with Gasteiger partial charge in [0.25, 0.3) is 0 Å². The predicted octanol–water partition coefficient (Wildman–Crippen LogP) is 2.59. The van der Waals surface area contributed by atoms with Crippen LogP contribution in [-0.2, 0) is 0 Å². The maximum absolute atomic E-state index is 5.86. The summed E-state index contributed by atoms with van der Waals surface area (Å²) in [6.07, 6.45) is 5.42. The molecule has 2 fully saturated rings. The average molecular weight is 274 g/mol. The third-order valence-electron chi connectivity index (χ3n) is 4.22. The molecule has 20 heavy (non-hydrogen) atoms. The molecule has 1 saturated carbocycles. The molecular weight excluding hydrogens is 248 g/mol. The van der Waals surface area contributed by atoms with E-state index < -0.39 is 0 Å². The molecule has 1 aliphatic heterocycles. The summed E-state index contributed by atoms with van der Waals surface area (Å²) in [6, 6.07) is 9.83. The third-order valence-corrected chi connectivity index (χ3v) is 4.22. The lowest BCUT2D eigenvalue weighted by molar-refractivity contribution is 0.158. The number of hydrogen-bond donors (Lipinski definition) is 1. The first kappa shape index (κ1) is 13.9. The molecule has 0 radical (unpaired) electrons. The zero-order valence-electron chi connectivity index (χ0n) is 12.5. The van der Waals surface area contributed by atoms with Gasteiger partial charge in [0.05, 0.1) is 0 Å². The summed E-state index contributed by atoms with van der Waals surface area (Å²) in [5, 5.41) is 3.76. The molecule has 1 saturated heterocycles. The van der Waals surface area contributed by atoms with Crippen molar-refractivity contribution in [1.82, 2.24) is 10.2 Å². The minimum absolute atomic E-state index is 0.704. The van der Waals surface area contributed by atoms with Crippen molar-refractivity contribution in [2.24, 2.45) is 0 Å². The quantitative estimate of drug-likeness (QED) is 0.863. The molecule has 0 aromatic heterocycles. The van der Waals surface area contributed by atoms with Crippen molar-refractivity contribution in [3.63, 3.8) is 0 Å². The summed E-state index contributed by atoms with van der Waals surface area (Å²) in [5.74, 6) is 0.995. The van der Waals surface area contributed by atoms with Gasteiger partial charge in [0.2, 0.25) is 0 Å². The van der Waals surface area contributed by atoms with E-state index in [2.05, 4.69) is 35.3 Å². The van der Waals surface area contributed by atoms with Crippen molar-refractivity contribution in [2.45, 2.75) is 44.7 Å². The van der Waals surface area contributed by atoms with Gasteiger partial charge in [0, 0.05) is 25.2 Å². The van der Waals surface area contributed by atoms with Gasteiger partial charge >= 0.3 is 0 Å². The van der Waals surface area contributed by atoms with Crippen molar-refractivity contribution in [1.29, 1.82) is 0 Å². The second-order valence-electron chi connectivity index (χ2n) is 6.25. The van der Waals surface area contributed by atoms with E-state index >= 15 is 0 Å². The maximum atomic E-state index is 5.86.